The Hall–Kier alpha value is -2.71. The Morgan fingerprint density at radius 1 is 1.21 bits per heavy atom. The molecular weight excluding hydrogens is 358 g/mol. The van der Waals surface area contributed by atoms with Crippen LogP contribution < -0.4 is 5.32 Å². The number of likely N-dealkylation sites (tertiary alicyclic amines) is 1. The number of fused-ring (bicyclic) bond motifs is 1. The molecule has 9 heteroatoms. The number of nitrogens with zero attached hydrogens (tertiary/aromatic N) is 6. The van der Waals surface area contributed by atoms with Gasteiger partial charge in [-0.15, -0.1) is 0 Å². The zero-order chi connectivity index (χ0) is 19.3. The number of rotatable bonds is 3. The second kappa shape index (κ2) is 6.42. The SMILES string of the molecule is Cn1nccc1C(=O)N1CC[C@@]2(CCn3ncnc3[C@H]2NC(=O)C2CCC2)C1. The summed E-state index contributed by atoms with van der Waals surface area (Å²) in [6.07, 6.45) is 7.96. The summed E-state index contributed by atoms with van der Waals surface area (Å²) in [5, 5.41) is 11.7. The van der Waals surface area contributed by atoms with Gasteiger partial charge in [-0.3, -0.25) is 14.3 Å². The maximum Gasteiger partial charge on any atom is 0.272 e. The highest BCUT2D eigenvalue weighted by Crippen LogP contribution is 2.48. The van der Waals surface area contributed by atoms with Crippen LogP contribution in [0.3, 0.4) is 0 Å². The van der Waals surface area contributed by atoms with Crippen LogP contribution in [0.15, 0.2) is 18.6 Å². The minimum Gasteiger partial charge on any atom is -0.345 e. The van der Waals surface area contributed by atoms with Crippen molar-refractivity contribution in [3.8, 4) is 0 Å². The molecule has 1 N–H and O–H groups in total. The maximum absolute atomic E-state index is 13.0. The standard InChI is InChI=1S/C19H25N7O2/c1-24-14(5-8-21-24)18(28)25-9-6-19(11-25)7-10-26-16(20-12-22-26)15(19)23-17(27)13-3-2-4-13/h5,8,12-13,15H,2-4,6-7,9-11H2,1H3,(H,23,27)/t15-,19-/m1/s1. The van der Waals surface area contributed by atoms with Crippen molar-refractivity contribution in [3.63, 3.8) is 0 Å². The molecule has 1 aliphatic carbocycles. The molecule has 5 rings (SSSR count). The van der Waals surface area contributed by atoms with E-state index in [1.165, 1.54) is 0 Å². The van der Waals surface area contributed by atoms with Crippen molar-refractivity contribution >= 4 is 11.8 Å². The number of amides is 2. The van der Waals surface area contributed by atoms with Crippen molar-refractivity contribution in [1.29, 1.82) is 0 Å². The highest BCUT2D eigenvalue weighted by molar-refractivity contribution is 5.92. The van der Waals surface area contributed by atoms with Gasteiger partial charge in [0.25, 0.3) is 5.91 Å². The van der Waals surface area contributed by atoms with E-state index in [9.17, 15) is 9.59 Å². The molecule has 0 radical (unpaired) electrons. The summed E-state index contributed by atoms with van der Waals surface area (Å²) in [5.41, 5.74) is 0.391. The van der Waals surface area contributed by atoms with Crippen LogP contribution in [-0.2, 0) is 18.4 Å². The predicted molar refractivity (Wildman–Crippen MR) is 99.0 cm³/mol. The van der Waals surface area contributed by atoms with Gasteiger partial charge in [-0.25, -0.2) is 9.67 Å². The average molecular weight is 383 g/mol. The molecule has 28 heavy (non-hydrogen) atoms. The molecule has 2 atom stereocenters. The van der Waals surface area contributed by atoms with Crippen LogP contribution in [0.2, 0.25) is 0 Å². The molecule has 0 unspecified atom stereocenters. The lowest BCUT2D eigenvalue weighted by molar-refractivity contribution is -0.129. The Morgan fingerprint density at radius 3 is 2.75 bits per heavy atom. The van der Waals surface area contributed by atoms with E-state index in [4.69, 9.17) is 0 Å². The summed E-state index contributed by atoms with van der Waals surface area (Å²) < 4.78 is 3.50. The van der Waals surface area contributed by atoms with Crippen LogP contribution in [0.4, 0.5) is 0 Å². The van der Waals surface area contributed by atoms with Crippen molar-refractivity contribution < 1.29 is 9.59 Å². The smallest absolute Gasteiger partial charge is 0.272 e. The van der Waals surface area contributed by atoms with Gasteiger partial charge in [0, 0.05) is 44.2 Å². The zero-order valence-corrected chi connectivity index (χ0v) is 16.0. The molecule has 2 fully saturated rings. The molecule has 2 aliphatic heterocycles. The first kappa shape index (κ1) is 17.4. The highest BCUT2D eigenvalue weighted by Gasteiger charge is 2.51. The molecule has 2 amide bonds. The van der Waals surface area contributed by atoms with E-state index in [1.54, 1.807) is 30.3 Å². The van der Waals surface area contributed by atoms with Gasteiger partial charge in [-0.1, -0.05) is 6.42 Å². The van der Waals surface area contributed by atoms with Crippen LogP contribution in [0, 0.1) is 11.3 Å². The Bertz CT molecular complexity index is 915. The zero-order valence-electron chi connectivity index (χ0n) is 16.0. The number of aryl methyl sites for hydroxylation is 2. The summed E-state index contributed by atoms with van der Waals surface area (Å²) in [4.78, 5) is 32.1. The molecule has 3 aliphatic rings. The Balaban J connectivity index is 1.41. The van der Waals surface area contributed by atoms with Gasteiger partial charge >= 0.3 is 0 Å². The molecule has 0 aromatic carbocycles. The third-order valence-electron chi connectivity index (χ3n) is 6.81. The van der Waals surface area contributed by atoms with E-state index in [0.717, 1.165) is 44.5 Å². The summed E-state index contributed by atoms with van der Waals surface area (Å²) in [6, 6.07) is 1.54. The number of aromatic nitrogens is 5. The summed E-state index contributed by atoms with van der Waals surface area (Å²) >= 11 is 0. The van der Waals surface area contributed by atoms with E-state index in [2.05, 4.69) is 20.5 Å². The van der Waals surface area contributed by atoms with Gasteiger partial charge < -0.3 is 10.2 Å². The minimum atomic E-state index is -0.207. The molecule has 148 valence electrons. The fraction of sp³-hybridized carbons (Fsp3) is 0.632. The summed E-state index contributed by atoms with van der Waals surface area (Å²) in [5.74, 6) is 1.04. The largest absolute Gasteiger partial charge is 0.345 e. The average Bonchev–Trinajstić information content (AvgIpc) is 3.36. The minimum absolute atomic E-state index is 0.00650. The van der Waals surface area contributed by atoms with Crippen LogP contribution >= 0.6 is 0 Å². The fourth-order valence-electron chi connectivity index (χ4n) is 4.82. The van der Waals surface area contributed by atoms with Gasteiger partial charge in [0.1, 0.15) is 17.8 Å². The lowest BCUT2D eigenvalue weighted by atomic mass is 9.73. The molecule has 1 saturated heterocycles. The predicted octanol–water partition coefficient (Wildman–Crippen LogP) is 0.905. The van der Waals surface area contributed by atoms with Crippen LogP contribution in [0.25, 0.3) is 0 Å². The van der Waals surface area contributed by atoms with Crippen LogP contribution in [0.5, 0.6) is 0 Å². The van der Waals surface area contributed by atoms with Gasteiger partial charge in [-0.2, -0.15) is 10.2 Å². The van der Waals surface area contributed by atoms with Gasteiger partial charge in [0.05, 0.1) is 6.04 Å². The molecule has 4 heterocycles. The maximum atomic E-state index is 13.0. The lowest BCUT2D eigenvalue weighted by Gasteiger charge is -2.41. The molecule has 9 nitrogen and oxygen atoms in total. The Kier molecular flexibility index (Phi) is 3.99. The van der Waals surface area contributed by atoms with E-state index in [0.29, 0.717) is 18.8 Å². The molecular formula is C19H25N7O2. The van der Waals surface area contributed by atoms with Crippen LogP contribution in [0.1, 0.15) is 54.5 Å². The molecule has 1 saturated carbocycles. The Labute approximate surface area is 163 Å². The van der Waals surface area contributed by atoms with Crippen LogP contribution in [-0.4, -0.2) is 54.3 Å². The molecule has 2 aromatic rings. The lowest BCUT2D eigenvalue weighted by Crippen LogP contribution is -2.49. The third kappa shape index (κ3) is 2.63. The number of hydrogen-bond donors (Lipinski definition) is 1. The van der Waals surface area contributed by atoms with Crippen molar-refractivity contribution in [2.75, 3.05) is 13.1 Å². The summed E-state index contributed by atoms with van der Waals surface area (Å²) in [7, 11) is 1.78. The quantitative estimate of drug-likeness (QED) is 0.849. The monoisotopic (exact) mass is 383 g/mol. The van der Waals surface area contributed by atoms with E-state index < -0.39 is 0 Å². The molecule has 2 aromatic heterocycles. The van der Waals surface area contributed by atoms with E-state index in [-0.39, 0.29) is 29.2 Å². The van der Waals surface area contributed by atoms with Gasteiger partial charge in [0.15, 0.2) is 0 Å². The van der Waals surface area contributed by atoms with Crippen molar-refractivity contribution in [1.82, 2.24) is 34.8 Å². The molecule has 0 bridgehead atoms. The number of carbonyl (C=O) groups excluding carboxylic acids is 2. The number of hydrogen-bond acceptors (Lipinski definition) is 5. The summed E-state index contributed by atoms with van der Waals surface area (Å²) in [6.45, 7) is 2.05. The van der Waals surface area contributed by atoms with E-state index in [1.807, 2.05) is 9.58 Å². The van der Waals surface area contributed by atoms with E-state index >= 15 is 0 Å². The number of carbonyl (C=O) groups is 2. The first-order valence-corrected chi connectivity index (χ1v) is 10.0. The Morgan fingerprint density at radius 2 is 2.04 bits per heavy atom. The second-order valence-corrected chi connectivity index (χ2v) is 8.34. The van der Waals surface area contributed by atoms with Gasteiger partial charge in [0.2, 0.25) is 5.91 Å². The van der Waals surface area contributed by atoms with Crippen molar-refractivity contribution in [2.24, 2.45) is 18.4 Å². The van der Waals surface area contributed by atoms with Crippen molar-refractivity contribution in [3.05, 3.63) is 30.1 Å². The number of nitrogens with one attached hydrogen (secondary N) is 1. The fourth-order valence-corrected chi connectivity index (χ4v) is 4.82. The first-order chi connectivity index (χ1) is 13.6. The first-order valence-electron chi connectivity index (χ1n) is 10.0. The van der Waals surface area contributed by atoms with Crippen molar-refractivity contribution in [2.45, 2.75) is 44.7 Å². The normalized spacial score (nSPS) is 26.9. The molecule has 1 spiro atoms. The highest BCUT2D eigenvalue weighted by atomic mass is 16.2. The topological polar surface area (TPSA) is 97.9 Å². The third-order valence-corrected chi connectivity index (χ3v) is 6.81. The van der Waals surface area contributed by atoms with Gasteiger partial charge in [-0.05, 0) is 31.7 Å². The second-order valence-electron chi connectivity index (χ2n) is 8.34.